The predicted molar refractivity (Wildman–Crippen MR) is 185 cm³/mol. The van der Waals surface area contributed by atoms with Crippen molar-refractivity contribution >= 4 is 45.3 Å². The summed E-state index contributed by atoms with van der Waals surface area (Å²) in [6.07, 6.45) is 2.79. The van der Waals surface area contributed by atoms with Crippen LogP contribution in [0.5, 0.6) is 0 Å². The molecule has 3 saturated heterocycles. The SMILES string of the molecule is C=CCCC(=O)NC[C@H](OC(=O)[C@H]1[C@@H]2O[C@@]3(CC2Br)[C@@H]1C(=O)N([C@H](C)CO)[C@@H]3C(=O)N(CC=C)c1cc(C)ccc1C)c1ccccc1. The zero-order valence-corrected chi connectivity index (χ0v) is 29.2. The number of nitrogens with zero attached hydrogens (tertiary/aromatic N) is 2. The number of anilines is 1. The number of nitrogens with one attached hydrogen (secondary N) is 1. The highest BCUT2D eigenvalue weighted by Crippen LogP contribution is 2.61. The fraction of sp³-hybridized carbons (Fsp3) is 0.459. The summed E-state index contributed by atoms with van der Waals surface area (Å²) in [5.41, 5.74) is 1.85. The maximum Gasteiger partial charge on any atom is 0.313 e. The number of allylic oxidation sites excluding steroid dienone is 1. The second-order valence-corrected chi connectivity index (χ2v) is 14.1. The standard InChI is InChI=1S/C37H44BrN3O7/c1-6-8-14-29(43)39-20-28(25-12-10-9-11-13-25)47-36(46)30-31-34(44)41(24(5)21-42)33(37(31)19-26(38)32(30)48-37)35(45)40(17-7-2)27-18-22(3)15-16-23(27)4/h6-7,9-13,15-16,18,24,26,28,30-33,42H,1-2,8,14,17,19-21H2,3-5H3,(H,39,43)/t24-,26?,28+,30-,31+,32-,33-,37+/m1/s1. The summed E-state index contributed by atoms with van der Waals surface area (Å²) in [7, 11) is 0. The number of ether oxygens (including phenoxy) is 2. The van der Waals surface area contributed by atoms with Gasteiger partial charge in [-0.15, -0.1) is 13.2 Å². The lowest BCUT2D eigenvalue weighted by Gasteiger charge is -2.39. The molecule has 10 nitrogen and oxygen atoms in total. The van der Waals surface area contributed by atoms with Crippen molar-refractivity contribution in [3.8, 4) is 0 Å². The molecule has 5 rings (SSSR count). The Morgan fingerprint density at radius 1 is 1.19 bits per heavy atom. The van der Waals surface area contributed by atoms with Gasteiger partial charge in [0.05, 0.1) is 37.1 Å². The molecule has 8 atom stereocenters. The summed E-state index contributed by atoms with van der Waals surface area (Å²) >= 11 is 3.71. The Hall–Kier alpha value is -3.80. The van der Waals surface area contributed by atoms with Gasteiger partial charge in [0.15, 0.2) is 0 Å². The number of halogens is 1. The number of hydrogen-bond acceptors (Lipinski definition) is 7. The first-order valence-corrected chi connectivity index (χ1v) is 17.3. The van der Waals surface area contributed by atoms with Crippen LogP contribution in [0, 0.1) is 25.7 Å². The van der Waals surface area contributed by atoms with E-state index in [1.807, 2.05) is 62.4 Å². The minimum atomic E-state index is -1.35. The summed E-state index contributed by atoms with van der Waals surface area (Å²) < 4.78 is 12.8. The first-order valence-electron chi connectivity index (χ1n) is 16.4. The molecule has 0 aromatic heterocycles. The molecular weight excluding hydrogens is 678 g/mol. The third-order valence-corrected chi connectivity index (χ3v) is 10.5. The molecule has 3 aliphatic rings. The molecule has 3 aliphatic heterocycles. The zero-order valence-electron chi connectivity index (χ0n) is 27.6. The molecule has 3 fully saturated rings. The van der Waals surface area contributed by atoms with Gasteiger partial charge in [-0.25, -0.2) is 0 Å². The van der Waals surface area contributed by atoms with Gasteiger partial charge in [-0.2, -0.15) is 0 Å². The van der Waals surface area contributed by atoms with Gasteiger partial charge in [-0.05, 0) is 56.4 Å². The maximum absolute atomic E-state index is 14.8. The number of amides is 3. The summed E-state index contributed by atoms with van der Waals surface area (Å²) in [4.78, 5) is 58.7. The molecule has 0 saturated carbocycles. The largest absolute Gasteiger partial charge is 0.455 e. The molecule has 3 amide bonds. The van der Waals surface area contributed by atoms with Crippen molar-refractivity contribution in [3.63, 3.8) is 0 Å². The number of rotatable bonds is 14. The van der Waals surface area contributed by atoms with Crippen molar-refractivity contribution in [2.75, 3.05) is 24.6 Å². The van der Waals surface area contributed by atoms with E-state index in [9.17, 15) is 24.3 Å². The number of esters is 1. The third-order valence-electron chi connectivity index (χ3n) is 9.70. The fourth-order valence-corrected chi connectivity index (χ4v) is 8.36. The number of alkyl halides is 1. The van der Waals surface area contributed by atoms with Gasteiger partial charge in [-0.1, -0.05) is 70.5 Å². The highest BCUT2D eigenvalue weighted by atomic mass is 79.9. The lowest BCUT2D eigenvalue weighted by atomic mass is 9.70. The first-order chi connectivity index (χ1) is 23.0. The molecule has 2 bridgehead atoms. The van der Waals surface area contributed by atoms with Crippen LogP contribution in [0.25, 0.3) is 0 Å². The van der Waals surface area contributed by atoms with E-state index < -0.39 is 53.6 Å². The van der Waals surface area contributed by atoms with Crippen molar-refractivity contribution in [1.82, 2.24) is 10.2 Å². The number of aliphatic hydroxyl groups is 1. The van der Waals surface area contributed by atoms with Crippen LogP contribution in [0.1, 0.15) is 49.0 Å². The van der Waals surface area contributed by atoms with Crippen LogP contribution in [-0.4, -0.2) is 82.0 Å². The Labute approximate surface area is 290 Å². The molecule has 1 unspecified atom stereocenters. The number of fused-ring (bicyclic) bond motifs is 1. The van der Waals surface area contributed by atoms with Gasteiger partial charge in [0.25, 0.3) is 5.91 Å². The van der Waals surface area contributed by atoms with Gasteiger partial charge in [-0.3, -0.25) is 19.2 Å². The second kappa shape index (κ2) is 14.8. The molecule has 1 spiro atoms. The molecule has 0 radical (unpaired) electrons. The van der Waals surface area contributed by atoms with Crippen LogP contribution in [0.15, 0.2) is 73.8 Å². The Bertz CT molecular complexity index is 1570. The number of carbonyl (C=O) groups is 4. The van der Waals surface area contributed by atoms with E-state index in [-0.39, 0.29) is 42.8 Å². The van der Waals surface area contributed by atoms with Crippen LogP contribution < -0.4 is 10.2 Å². The molecule has 2 aromatic rings. The van der Waals surface area contributed by atoms with Gasteiger partial charge in [0.2, 0.25) is 11.8 Å². The highest BCUT2D eigenvalue weighted by Gasteiger charge is 2.77. The minimum absolute atomic E-state index is 0.0343. The molecule has 2 aromatic carbocycles. The van der Waals surface area contributed by atoms with Crippen LogP contribution in [0.2, 0.25) is 0 Å². The predicted octanol–water partition coefficient (Wildman–Crippen LogP) is 4.32. The van der Waals surface area contributed by atoms with Crippen LogP contribution in [0.4, 0.5) is 5.69 Å². The number of aryl methyl sites for hydroxylation is 2. The highest BCUT2D eigenvalue weighted by molar-refractivity contribution is 9.09. The summed E-state index contributed by atoms with van der Waals surface area (Å²) in [6.45, 7) is 12.9. The van der Waals surface area contributed by atoms with Crippen molar-refractivity contribution in [1.29, 1.82) is 0 Å². The van der Waals surface area contributed by atoms with Gasteiger partial charge in [0, 0.05) is 23.5 Å². The van der Waals surface area contributed by atoms with Gasteiger partial charge in [0.1, 0.15) is 17.7 Å². The Kier molecular flexibility index (Phi) is 10.9. The summed E-state index contributed by atoms with van der Waals surface area (Å²) in [5, 5.41) is 13.1. The number of likely N-dealkylation sites (tertiary alicyclic amines) is 1. The number of hydrogen-bond donors (Lipinski definition) is 2. The van der Waals surface area contributed by atoms with E-state index in [4.69, 9.17) is 9.47 Å². The van der Waals surface area contributed by atoms with Crippen LogP contribution in [-0.2, 0) is 28.7 Å². The van der Waals surface area contributed by atoms with Crippen LogP contribution >= 0.6 is 15.9 Å². The third kappa shape index (κ3) is 6.47. The monoisotopic (exact) mass is 721 g/mol. The quantitative estimate of drug-likeness (QED) is 0.169. The Morgan fingerprint density at radius 3 is 2.58 bits per heavy atom. The molecular formula is C37H44BrN3O7. The zero-order chi connectivity index (χ0) is 34.7. The van der Waals surface area contributed by atoms with Crippen molar-refractivity contribution in [2.24, 2.45) is 11.8 Å². The Balaban J connectivity index is 1.50. The topological polar surface area (TPSA) is 125 Å². The maximum atomic E-state index is 14.8. The average Bonchev–Trinajstić information content (AvgIpc) is 3.68. The first kappa shape index (κ1) is 35.5. The van der Waals surface area contributed by atoms with E-state index in [1.54, 1.807) is 24.0 Å². The molecule has 0 aliphatic carbocycles. The lowest BCUT2D eigenvalue weighted by Crippen LogP contribution is -2.59. The molecule has 256 valence electrons. The second-order valence-electron chi connectivity index (χ2n) is 12.9. The number of benzene rings is 2. The van der Waals surface area contributed by atoms with Gasteiger partial charge >= 0.3 is 5.97 Å². The number of aliphatic hydroxyl groups excluding tert-OH is 1. The van der Waals surface area contributed by atoms with E-state index in [0.29, 0.717) is 24.1 Å². The molecule has 48 heavy (non-hydrogen) atoms. The number of carbonyl (C=O) groups excluding carboxylic acids is 4. The van der Waals surface area contributed by atoms with Crippen molar-refractivity contribution < 1.29 is 33.8 Å². The van der Waals surface area contributed by atoms with Gasteiger partial charge < -0.3 is 29.7 Å². The lowest BCUT2D eigenvalue weighted by molar-refractivity contribution is -0.160. The minimum Gasteiger partial charge on any atom is -0.455 e. The summed E-state index contributed by atoms with van der Waals surface area (Å²) in [5.74, 6) is -3.72. The molecule has 3 heterocycles. The van der Waals surface area contributed by atoms with E-state index >= 15 is 0 Å². The summed E-state index contributed by atoms with van der Waals surface area (Å²) in [6, 6.07) is 13.1. The molecule has 11 heteroatoms. The average molecular weight is 723 g/mol. The fourth-order valence-electron chi connectivity index (χ4n) is 7.41. The van der Waals surface area contributed by atoms with E-state index in [1.165, 1.54) is 4.90 Å². The van der Waals surface area contributed by atoms with E-state index in [2.05, 4.69) is 34.4 Å². The van der Waals surface area contributed by atoms with Crippen LogP contribution in [0.3, 0.4) is 0 Å². The smallest absolute Gasteiger partial charge is 0.313 e. The molecule has 2 N–H and O–H groups in total. The Morgan fingerprint density at radius 2 is 1.92 bits per heavy atom. The van der Waals surface area contributed by atoms with Crippen molar-refractivity contribution in [3.05, 3.63) is 90.5 Å². The van der Waals surface area contributed by atoms with Crippen molar-refractivity contribution in [2.45, 2.75) is 74.8 Å². The van der Waals surface area contributed by atoms with E-state index in [0.717, 1.165) is 11.1 Å². The normalized spacial score (nSPS) is 26.8.